The van der Waals surface area contributed by atoms with Gasteiger partial charge in [-0.3, -0.25) is 4.79 Å². The maximum Gasteiger partial charge on any atom is 0.227 e. The zero-order chi connectivity index (χ0) is 14.7. The highest BCUT2D eigenvalue weighted by Crippen LogP contribution is 2.29. The highest BCUT2D eigenvalue weighted by atomic mass is 79.9. The van der Waals surface area contributed by atoms with Crippen molar-refractivity contribution in [3.63, 3.8) is 0 Å². The van der Waals surface area contributed by atoms with Gasteiger partial charge in [0.2, 0.25) is 11.8 Å². The van der Waals surface area contributed by atoms with Crippen molar-refractivity contribution >= 4 is 27.5 Å². The zero-order valence-electron chi connectivity index (χ0n) is 11.4. The van der Waals surface area contributed by atoms with E-state index in [4.69, 9.17) is 4.74 Å². The predicted molar refractivity (Wildman–Crippen MR) is 85.0 cm³/mol. The average Bonchev–Trinajstić information content (AvgIpc) is 2.90. The van der Waals surface area contributed by atoms with Crippen LogP contribution in [0.4, 0.5) is 5.69 Å². The predicted octanol–water partition coefficient (Wildman–Crippen LogP) is 3.62. The van der Waals surface area contributed by atoms with E-state index >= 15 is 0 Å². The number of carbonyl (C=O) groups excluding carboxylic acids is 1. The minimum absolute atomic E-state index is 0.162. The third-order valence-electron chi connectivity index (χ3n) is 3.41. The van der Waals surface area contributed by atoms with Crippen LogP contribution in [0.3, 0.4) is 0 Å². The van der Waals surface area contributed by atoms with Crippen molar-refractivity contribution in [3.05, 3.63) is 48.7 Å². The summed E-state index contributed by atoms with van der Waals surface area (Å²) < 4.78 is 5.71. The van der Waals surface area contributed by atoms with Crippen molar-refractivity contribution in [2.24, 2.45) is 5.92 Å². The Morgan fingerprint density at radius 1 is 1.29 bits per heavy atom. The molecule has 1 fully saturated rings. The Morgan fingerprint density at radius 3 is 2.90 bits per heavy atom. The first-order valence-electron chi connectivity index (χ1n) is 6.81. The lowest BCUT2D eigenvalue weighted by Crippen LogP contribution is -2.24. The van der Waals surface area contributed by atoms with Gasteiger partial charge in [0, 0.05) is 42.3 Å². The SMILES string of the molecule is O=C1CC(CBr)CN1c1cccc(Oc2ccccn2)c1. The molecule has 0 N–H and O–H groups in total. The second-order valence-electron chi connectivity index (χ2n) is 5.00. The van der Waals surface area contributed by atoms with Gasteiger partial charge in [0.15, 0.2) is 0 Å². The molecule has 3 rings (SSSR count). The quantitative estimate of drug-likeness (QED) is 0.794. The second-order valence-corrected chi connectivity index (χ2v) is 5.64. The smallest absolute Gasteiger partial charge is 0.227 e. The molecule has 1 aromatic heterocycles. The summed E-state index contributed by atoms with van der Waals surface area (Å²) >= 11 is 3.45. The molecular formula is C16H15BrN2O2. The minimum Gasteiger partial charge on any atom is -0.439 e. The molecule has 2 heterocycles. The van der Waals surface area contributed by atoms with E-state index in [1.165, 1.54) is 0 Å². The van der Waals surface area contributed by atoms with Crippen LogP contribution in [0.5, 0.6) is 11.6 Å². The van der Waals surface area contributed by atoms with Crippen LogP contribution >= 0.6 is 15.9 Å². The molecule has 108 valence electrons. The largest absolute Gasteiger partial charge is 0.439 e. The first kappa shape index (κ1) is 14.1. The van der Waals surface area contributed by atoms with Crippen LogP contribution in [0.2, 0.25) is 0 Å². The molecule has 1 unspecified atom stereocenters. The lowest BCUT2D eigenvalue weighted by molar-refractivity contribution is -0.117. The molecule has 1 aliphatic heterocycles. The van der Waals surface area contributed by atoms with Crippen LogP contribution in [0, 0.1) is 5.92 Å². The number of ether oxygens (including phenoxy) is 1. The van der Waals surface area contributed by atoms with E-state index in [9.17, 15) is 4.79 Å². The van der Waals surface area contributed by atoms with Crippen LogP contribution in [-0.2, 0) is 4.79 Å². The molecule has 1 amide bonds. The van der Waals surface area contributed by atoms with Gasteiger partial charge in [0.05, 0.1) is 0 Å². The number of hydrogen-bond acceptors (Lipinski definition) is 3. The molecule has 0 saturated carbocycles. The fraction of sp³-hybridized carbons (Fsp3) is 0.250. The van der Waals surface area contributed by atoms with Gasteiger partial charge < -0.3 is 9.64 Å². The number of pyridine rings is 1. The van der Waals surface area contributed by atoms with Gasteiger partial charge in [-0.1, -0.05) is 28.1 Å². The summed E-state index contributed by atoms with van der Waals surface area (Å²) in [7, 11) is 0. The Kier molecular flexibility index (Phi) is 4.20. The molecule has 1 saturated heterocycles. The first-order chi connectivity index (χ1) is 10.3. The number of rotatable bonds is 4. The molecule has 0 aliphatic carbocycles. The molecule has 5 heteroatoms. The average molecular weight is 347 g/mol. The molecule has 0 spiro atoms. The molecule has 21 heavy (non-hydrogen) atoms. The Bertz CT molecular complexity index is 633. The van der Waals surface area contributed by atoms with Crippen molar-refractivity contribution in [2.75, 3.05) is 16.8 Å². The van der Waals surface area contributed by atoms with E-state index in [1.807, 2.05) is 41.3 Å². The van der Waals surface area contributed by atoms with E-state index in [1.54, 1.807) is 12.3 Å². The van der Waals surface area contributed by atoms with Gasteiger partial charge in [-0.05, 0) is 24.1 Å². The summed E-state index contributed by atoms with van der Waals surface area (Å²) in [4.78, 5) is 18.0. The van der Waals surface area contributed by atoms with Gasteiger partial charge >= 0.3 is 0 Å². The van der Waals surface area contributed by atoms with Gasteiger partial charge in [-0.15, -0.1) is 0 Å². The fourth-order valence-corrected chi connectivity index (χ4v) is 2.81. The van der Waals surface area contributed by atoms with Crippen LogP contribution in [0.15, 0.2) is 48.7 Å². The number of hydrogen-bond donors (Lipinski definition) is 0. The van der Waals surface area contributed by atoms with Crippen LogP contribution in [-0.4, -0.2) is 22.8 Å². The summed E-state index contributed by atoms with van der Waals surface area (Å²) in [6.07, 6.45) is 2.28. The lowest BCUT2D eigenvalue weighted by Gasteiger charge is -2.17. The summed E-state index contributed by atoms with van der Waals surface area (Å²) in [6.45, 7) is 0.747. The zero-order valence-corrected chi connectivity index (χ0v) is 13.0. The van der Waals surface area contributed by atoms with Crippen molar-refractivity contribution < 1.29 is 9.53 Å². The maximum absolute atomic E-state index is 12.1. The van der Waals surface area contributed by atoms with Gasteiger partial charge in [0.1, 0.15) is 5.75 Å². The van der Waals surface area contributed by atoms with E-state index < -0.39 is 0 Å². The summed E-state index contributed by atoms with van der Waals surface area (Å²) in [5, 5.41) is 0.847. The minimum atomic E-state index is 0.162. The van der Waals surface area contributed by atoms with Gasteiger partial charge in [-0.2, -0.15) is 0 Å². The fourth-order valence-electron chi connectivity index (χ4n) is 2.38. The maximum atomic E-state index is 12.1. The number of anilines is 1. The number of benzene rings is 1. The van der Waals surface area contributed by atoms with E-state index in [2.05, 4.69) is 20.9 Å². The molecule has 0 bridgehead atoms. The van der Waals surface area contributed by atoms with E-state index in [-0.39, 0.29) is 5.91 Å². The van der Waals surface area contributed by atoms with Gasteiger partial charge in [0.25, 0.3) is 0 Å². The van der Waals surface area contributed by atoms with E-state index in [0.29, 0.717) is 24.0 Å². The Hall–Kier alpha value is -1.88. The highest BCUT2D eigenvalue weighted by molar-refractivity contribution is 9.09. The van der Waals surface area contributed by atoms with Crippen molar-refractivity contribution in [3.8, 4) is 11.6 Å². The number of halogens is 1. The molecule has 1 atom stereocenters. The molecule has 1 aliphatic rings. The Balaban J connectivity index is 1.79. The standard InChI is InChI=1S/C16H15BrN2O2/c17-10-12-8-16(20)19(11-12)13-4-3-5-14(9-13)21-15-6-1-2-7-18-15/h1-7,9,12H,8,10-11H2. The number of nitrogens with zero attached hydrogens (tertiary/aromatic N) is 2. The normalized spacial score (nSPS) is 18.0. The number of aromatic nitrogens is 1. The summed E-state index contributed by atoms with van der Waals surface area (Å²) in [5.74, 6) is 1.76. The molecule has 1 aromatic carbocycles. The first-order valence-corrected chi connectivity index (χ1v) is 7.93. The molecule has 2 aromatic rings. The van der Waals surface area contributed by atoms with Crippen molar-refractivity contribution in [1.29, 1.82) is 0 Å². The number of amides is 1. The molecular weight excluding hydrogens is 332 g/mol. The Morgan fingerprint density at radius 2 is 2.19 bits per heavy atom. The van der Waals surface area contributed by atoms with Gasteiger partial charge in [-0.25, -0.2) is 4.98 Å². The third kappa shape index (κ3) is 3.24. The van der Waals surface area contributed by atoms with Crippen molar-refractivity contribution in [2.45, 2.75) is 6.42 Å². The topological polar surface area (TPSA) is 42.4 Å². The summed E-state index contributed by atoms with van der Waals surface area (Å²) in [5.41, 5.74) is 0.872. The van der Waals surface area contributed by atoms with Crippen LogP contribution < -0.4 is 9.64 Å². The highest BCUT2D eigenvalue weighted by Gasteiger charge is 2.29. The Labute approximate surface area is 131 Å². The van der Waals surface area contributed by atoms with Crippen LogP contribution in [0.1, 0.15) is 6.42 Å². The summed E-state index contributed by atoms with van der Waals surface area (Å²) in [6, 6.07) is 13.1. The third-order valence-corrected chi connectivity index (χ3v) is 4.33. The lowest BCUT2D eigenvalue weighted by atomic mass is 10.2. The second kappa shape index (κ2) is 6.26. The van der Waals surface area contributed by atoms with Crippen LogP contribution in [0.25, 0.3) is 0 Å². The van der Waals surface area contributed by atoms with Crippen molar-refractivity contribution in [1.82, 2.24) is 4.98 Å². The monoisotopic (exact) mass is 346 g/mol. The molecule has 4 nitrogen and oxygen atoms in total. The number of alkyl halides is 1. The molecule has 0 radical (unpaired) electrons. The number of carbonyl (C=O) groups is 1. The van der Waals surface area contributed by atoms with E-state index in [0.717, 1.165) is 17.6 Å².